The second-order valence-electron chi connectivity index (χ2n) is 8.54. The van der Waals surface area contributed by atoms with Crippen LogP contribution in [0.2, 0.25) is 0 Å². The predicted octanol–water partition coefficient (Wildman–Crippen LogP) is 2.80. The first-order valence-electron chi connectivity index (χ1n) is 10.2. The maximum absolute atomic E-state index is 4.86. The molecule has 4 aliphatic rings. The van der Waals surface area contributed by atoms with Gasteiger partial charge in [-0.25, -0.2) is 0 Å². The number of benzene rings is 2. The maximum atomic E-state index is 4.86. The molecule has 7 rings (SSSR count). The third kappa shape index (κ3) is 2.92. The smallest absolute Gasteiger partial charge is 0.0802 e. The molecule has 0 aliphatic carbocycles. The van der Waals surface area contributed by atoms with Gasteiger partial charge in [0.2, 0.25) is 0 Å². The molecule has 6 nitrogen and oxygen atoms in total. The van der Waals surface area contributed by atoms with Crippen LogP contribution < -0.4 is 0 Å². The number of rotatable bonds is 4. The molecule has 4 saturated heterocycles. The van der Waals surface area contributed by atoms with Crippen molar-refractivity contribution in [3.63, 3.8) is 0 Å². The van der Waals surface area contributed by atoms with Crippen molar-refractivity contribution in [2.24, 2.45) is 15.6 Å². The largest absolute Gasteiger partial charge is 0.361 e. The molecule has 5 heterocycles. The first-order chi connectivity index (χ1) is 14.3. The van der Waals surface area contributed by atoms with Gasteiger partial charge in [0.1, 0.15) is 0 Å². The Labute approximate surface area is 170 Å². The summed E-state index contributed by atoms with van der Waals surface area (Å²) in [5.74, 6) is 0. The Morgan fingerprint density at radius 3 is 2.24 bits per heavy atom. The Morgan fingerprint density at radius 2 is 1.52 bits per heavy atom. The van der Waals surface area contributed by atoms with E-state index in [9.17, 15) is 0 Å². The van der Waals surface area contributed by atoms with Crippen LogP contribution in [-0.2, 0) is 0 Å². The summed E-state index contributed by atoms with van der Waals surface area (Å²) in [5, 5.41) is 10.6. The van der Waals surface area contributed by atoms with Gasteiger partial charge in [-0.3, -0.25) is 14.7 Å². The van der Waals surface area contributed by atoms with Gasteiger partial charge in [0.25, 0.3) is 0 Å². The van der Waals surface area contributed by atoms with Crippen LogP contribution >= 0.6 is 0 Å². The molecule has 0 amide bonds. The Morgan fingerprint density at radius 1 is 0.862 bits per heavy atom. The van der Waals surface area contributed by atoms with Gasteiger partial charge in [0, 0.05) is 42.3 Å². The van der Waals surface area contributed by atoms with Gasteiger partial charge < -0.3 is 4.98 Å². The topological polar surface area (TPSA) is 50.2 Å². The molecule has 0 atom stereocenters. The van der Waals surface area contributed by atoms with E-state index in [0.29, 0.717) is 0 Å². The van der Waals surface area contributed by atoms with Crippen molar-refractivity contribution in [1.82, 2.24) is 19.7 Å². The van der Waals surface area contributed by atoms with E-state index in [0.717, 1.165) is 56.4 Å². The van der Waals surface area contributed by atoms with Gasteiger partial charge in [-0.2, -0.15) is 10.2 Å². The lowest BCUT2D eigenvalue weighted by Crippen LogP contribution is -2.74. The third-order valence-corrected chi connectivity index (χ3v) is 6.30. The van der Waals surface area contributed by atoms with Gasteiger partial charge >= 0.3 is 0 Å². The zero-order valence-electron chi connectivity index (χ0n) is 16.3. The molecule has 0 radical (unpaired) electrons. The van der Waals surface area contributed by atoms with Gasteiger partial charge in [0.05, 0.1) is 37.3 Å². The summed E-state index contributed by atoms with van der Waals surface area (Å²) in [6, 6.07) is 18.9. The van der Waals surface area contributed by atoms with E-state index in [1.54, 1.807) is 0 Å². The first kappa shape index (κ1) is 17.1. The quantitative estimate of drug-likeness (QED) is 0.556. The number of para-hydroxylation sites is 1. The molecule has 4 fully saturated rings. The van der Waals surface area contributed by atoms with Crippen LogP contribution in [0.3, 0.4) is 0 Å². The monoisotopic (exact) mass is 384 g/mol. The molecule has 6 heteroatoms. The number of hydrogen-bond acceptors (Lipinski definition) is 5. The Bertz CT molecular complexity index is 1060. The molecule has 0 saturated carbocycles. The van der Waals surface area contributed by atoms with Crippen LogP contribution in [-0.4, -0.2) is 71.3 Å². The standard InChI is InChI=1S/C23H24N6/c1-2-6-18(7-3-1)22(23-12-27-15-28(13-23)17-29(14-23)16-27)26-25-11-19-10-24-21-9-5-4-8-20(19)21/h1-11,24H,12-17H2/b25-11+,26-22-. The fraction of sp³-hybridized carbons (Fsp3) is 0.304. The van der Waals surface area contributed by atoms with E-state index >= 15 is 0 Å². The van der Waals surface area contributed by atoms with E-state index in [1.165, 1.54) is 10.9 Å². The highest BCUT2D eigenvalue weighted by molar-refractivity contribution is 6.06. The van der Waals surface area contributed by atoms with Crippen LogP contribution in [0.15, 0.2) is 71.0 Å². The van der Waals surface area contributed by atoms with Crippen molar-refractivity contribution in [1.29, 1.82) is 0 Å². The fourth-order valence-electron chi connectivity index (χ4n) is 5.36. The molecule has 0 unspecified atom stereocenters. The van der Waals surface area contributed by atoms with Gasteiger partial charge in [-0.1, -0.05) is 48.5 Å². The minimum Gasteiger partial charge on any atom is -0.361 e. The minimum atomic E-state index is 0.00760. The number of hydrogen-bond donors (Lipinski definition) is 1. The molecule has 146 valence electrons. The van der Waals surface area contributed by atoms with Crippen LogP contribution in [0.1, 0.15) is 11.1 Å². The molecular weight excluding hydrogens is 360 g/mol. The second kappa shape index (κ2) is 6.62. The van der Waals surface area contributed by atoms with Gasteiger partial charge in [-0.15, -0.1) is 0 Å². The summed E-state index contributed by atoms with van der Waals surface area (Å²) in [6.07, 6.45) is 3.88. The minimum absolute atomic E-state index is 0.00760. The van der Waals surface area contributed by atoms with Crippen LogP contribution in [0.4, 0.5) is 0 Å². The Balaban J connectivity index is 1.40. The molecule has 0 spiro atoms. The first-order valence-corrected chi connectivity index (χ1v) is 10.2. The molecule has 4 aliphatic heterocycles. The lowest BCUT2D eigenvalue weighted by Gasteiger charge is -2.60. The fourth-order valence-corrected chi connectivity index (χ4v) is 5.36. The van der Waals surface area contributed by atoms with E-state index in [4.69, 9.17) is 5.10 Å². The molecule has 1 N–H and O–H groups in total. The highest BCUT2D eigenvalue weighted by atomic mass is 15.5. The summed E-state index contributed by atoms with van der Waals surface area (Å²) < 4.78 is 0. The summed E-state index contributed by atoms with van der Waals surface area (Å²) in [4.78, 5) is 10.9. The maximum Gasteiger partial charge on any atom is 0.0802 e. The van der Waals surface area contributed by atoms with E-state index in [-0.39, 0.29) is 5.41 Å². The average Bonchev–Trinajstić information content (AvgIpc) is 3.14. The number of aromatic amines is 1. The normalized spacial score (nSPS) is 31.2. The van der Waals surface area contributed by atoms with E-state index < -0.39 is 0 Å². The average molecular weight is 384 g/mol. The van der Waals surface area contributed by atoms with Crippen LogP contribution in [0.25, 0.3) is 10.9 Å². The molecule has 2 aromatic carbocycles. The van der Waals surface area contributed by atoms with Crippen molar-refractivity contribution in [3.05, 3.63) is 71.9 Å². The number of fused-ring (bicyclic) bond motifs is 1. The van der Waals surface area contributed by atoms with Crippen molar-refractivity contribution in [3.8, 4) is 0 Å². The van der Waals surface area contributed by atoms with E-state index in [1.807, 2.05) is 18.5 Å². The summed E-state index contributed by atoms with van der Waals surface area (Å²) in [7, 11) is 0. The van der Waals surface area contributed by atoms with Crippen LogP contribution in [0.5, 0.6) is 0 Å². The lowest BCUT2D eigenvalue weighted by molar-refractivity contribution is -0.149. The summed E-state index contributed by atoms with van der Waals surface area (Å²) in [6.45, 7) is 6.36. The molecule has 29 heavy (non-hydrogen) atoms. The highest BCUT2D eigenvalue weighted by Crippen LogP contribution is 2.38. The Kier molecular flexibility index (Phi) is 3.90. The second-order valence-corrected chi connectivity index (χ2v) is 8.54. The number of H-pyrrole nitrogens is 1. The van der Waals surface area contributed by atoms with Crippen molar-refractivity contribution < 1.29 is 0 Å². The lowest BCUT2D eigenvalue weighted by atomic mass is 9.74. The van der Waals surface area contributed by atoms with Crippen molar-refractivity contribution in [2.75, 3.05) is 39.6 Å². The molecule has 4 bridgehead atoms. The van der Waals surface area contributed by atoms with Crippen LogP contribution in [0, 0.1) is 5.41 Å². The molecular formula is C23H24N6. The van der Waals surface area contributed by atoms with Crippen molar-refractivity contribution in [2.45, 2.75) is 0 Å². The highest BCUT2D eigenvalue weighted by Gasteiger charge is 2.51. The number of nitrogens with one attached hydrogen (secondary N) is 1. The number of aromatic nitrogens is 1. The zero-order valence-corrected chi connectivity index (χ0v) is 16.3. The van der Waals surface area contributed by atoms with Gasteiger partial charge in [-0.05, 0) is 11.6 Å². The summed E-state index contributed by atoms with van der Waals surface area (Å²) >= 11 is 0. The predicted molar refractivity (Wildman–Crippen MR) is 116 cm³/mol. The molecule has 1 aromatic heterocycles. The SMILES string of the molecule is C(=N\N=C(\c1ccccc1)C12CN3CN(CN(C3)C1)C2)/c1c[nH]c2ccccc12. The van der Waals surface area contributed by atoms with E-state index in [2.05, 4.69) is 73.3 Å². The molecule has 3 aromatic rings. The van der Waals surface area contributed by atoms with Gasteiger partial charge in [0.15, 0.2) is 0 Å². The Hall–Kier alpha value is -2.80. The third-order valence-electron chi connectivity index (χ3n) is 6.30. The van der Waals surface area contributed by atoms with Crippen molar-refractivity contribution >= 4 is 22.8 Å². The zero-order chi connectivity index (χ0) is 19.3. The number of nitrogens with zero attached hydrogens (tertiary/aromatic N) is 5. The summed E-state index contributed by atoms with van der Waals surface area (Å²) in [5.41, 5.74) is 4.48.